The Kier molecular flexibility index (Phi) is 6.63. The van der Waals surface area contributed by atoms with Gasteiger partial charge in [-0.15, -0.1) is 0 Å². The molecule has 11 nitrogen and oxygen atoms in total. The number of benzene rings is 1. The SMILES string of the molecule is COc1ccnc(NC(=O)c2ccc(-n3nc(C4CN(CC5(C)COC5)CCO4)c4ccnc(N)c43)cc2)c1. The molecule has 39 heavy (non-hydrogen) atoms. The van der Waals surface area contributed by atoms with Gasteiger partial charge in [-0.2, -0.15) is 5.10 Å². The standard InChI is InChI=1S/C28H31N7O4/c1-28(16-38-17-28)15-34-11-12-39-22(14-34)24-21-8-10-31-26(29)25(21)35(33-24)19-5-3-18(4-6-19)27(36)32-23-13-20(37-2)7-9-30-23/h3-10,13,22H,11-12,14-17H2,1-2H3,(H2,29,31)(H,30,32,36). The summed E-state index contributed by atoms with van der Waals surface area (Å²) in [4.78, 5) is 23.7. The number of morpholine rings is 1. The Labute approximate surface area is 225 Å². The molecule has 3 aromatic heterocycles. The van der Waals surface area contributed by atoms with E-state index >= 15 is 0 Å². The van der Waals surface area contributed by atoms with Crippen LogP contribution in [0, 0.1) is 5.41 Å². The number of carbonyl (C=O) groups is 1. The fraction of sp³-hybridized carbons (Fsp3) is 0.357. The molecule has 0 aliphatic carbocycles. The van der Waals surface area contributed by atoms with Gasteiger partial charge in [0, 0.05) is 54.5 Å². The van der Waals surface area contributed by atoms with Crippen LogP contribution in [0.25, 0.3) is 16.6 Å². The quantitative estimate of drug-likeness (QED) is 0.371. The highest BCUT2D eigenvalue weighted by molar-refractivity contribution is 6.04. The summed E-state index contributed by atoms with van der Waals surface area (Å²) in [5.41, 5.74) is 9.30. The number of carbonyl (C=O) groups excluding carboxylic acids is 1. The maximum absolute atomic E-state index is 12.8. The molecule has 1 aromatic carbocycles. The number of hydrogen-bond acceptors (Lipinski definition) is 9. The van der Waals surface area contributed by atoms with E-state index < -0.39 is 0 Å². The normalized spacial score (nSPS) is 19.0. The highest BCUT2D eigenvalue weighted by Gasteiger charge is 2.37. The summed E-state index contributed by atoms with van der Waals surface area (Å²) >= 11 is 0. The number of nitrogens with two attached hydrogens (primary N) is 1. The van der Waals surface area contributed by atoms with Crippen LogP contribution >= 0.6 is 0 Å². The van der Waals surface area contributed by atoms with Gasteiger partial charge in [-0.25, -0.2) is 14.6 Å². The summed E-state index contributed by atoms with van der Waals surface area (Å²) in [6.45, 7) is 7.05. The summed E-state index contributed by atoms with van der Waals surface area (Å²) in [5, 5.41) is 8.66. The predicted molar refractivity (Wildman–Crippen MR) is 146 cm³/mol. The maximum Gasteiger partial charge on any atom is 0.256 e. The Balaban J connectivity index is 1.26. The monoisotopic (exact) mass is 529 g/mol. The van der Waals surface area contributed by atoms with Gasteiger partial charge in [0.05, 0.1) is 32.6 Å². The first kappa shape index (κ1) is 25.2. The van der Waals surface area contributed by atoms with Gasteiger partial charge in [-0.3, -0.25) is 9.69 Å². The summed E-state index contributed by atoms with van der Waals surface area (Å²) in [7, 11) is 1.56. The van der Waals surface area contributed by atoms with Crippen LogP contribution in [0.1, 0.15) is 29.1 Å². The minimum absolute atomic E-state index is 0.189. The van der Waals surface area contributed by atoms with E-state index in [0.717, 1.165) is 49.6 Å². The van der Waals surface area contributed by atoms with Crippen LogP contribution in [0.15, 0.2) is 54.9 Å². The lowest BCUT2D eigenvalue weighted by molar-refractivity contribution is -0.129. The molecule has 5 heterocycles. The average Bonchev–Trinajstić information content (AvgIpc) is 3.33. The predicted octanol–water partition coefficient (Wildman–Crippen LogP) is 3.07. The Hall–Kier alpha value is -4.06. The molecule has 0 spiro atoms. The molecule has 3 N–H and O–H groups in total. The third-order valence-electron chi connectivity index (χ3n) is 7.19. The molecule has 1 unspecified atom stereocenters. The second-order valence-corrected chi connectivity index (χ2v) is 10.4. The number of amides is 1. The van der Waals surface area contributed by atoms with Crippen molar-refractivity contribution < 1.29 is 19.0 Å². The number of anilines is 2. The van der Waals surface area contributed by atoms with E-state index in [1.54, 1.807) is 48.5 Å². The van der Waals surface area contributed by atoms with Crippen molar-refractivity contribution in [3.8, 4) is 11.4 Å². The van der Waals surface area contributed by atoms with Crippen molar-refractivity contribution in [3.63, 3.8) is 0 Å². The molecule has 1 atom stereocenters. The van der Waals surface area contributed by atoms with Crippen LogP contribution in [0.4, 0.5) is 11.6 Å². The molecule has 6 rings (SSSR count). The van der Waals surface area contributed by atoms with E-state index in [0.29, 0.717) is 35.1 Å². The fourth-order valence-corrected chi connectivity index (χ4v) is 5.18. The van der Waals surface area contributed by atoms with E-state index in [4.69, 9.17) is 25.0 Å². The van der Waals surface area contributed by atoms with Crippen LogP contribution in [0.3, 0.4) is 0 Å². The van der Waals surface area contributed by atoms with Gasteiger partial charge in [0.1, 0.15) is 34.7 Å². The van der Waals surface area contributed by atoms with E-state index in [9.17, 15) is 4.79 Å². The van der Waals surface area contributed by atoms with Gasteiger partial charge in [0.2, 0.25) is 0 Å². The highest BCUT2D eigenvalue weighted by Crippen LogP contribution is 2.34. The number of rotatable bonds is 7. The van der Waals surface area contributed by atoms with Crippen molar-refractivity contribution >= 4 is 28.4 Å². The minimum atomic E-state index is -0.282. The maximum atomic E-state index is 12.8. The number of nitrogens with one attached hydrogen (secondary N) is 1. The van der Waals surface area contributed by atoms with Gasteiger partial charge in [0.15, 0.2) is 0 Å². The number of pyridine rings is 2. The molecule has 2 saturated heterocycles. The number of methoxy groups -OCH3 is 1. The lowest BCUT2D eigenvalue weighted by Crippen LogP contribution is -2.51. The molecule has 4 aromatic rings. The Morgan fingerprint density at radius 2 is 1.97 bits per heavy atom. The van der Waals surface area contributed by atoms with Gasteiger partial charge in [-0.1, -0.05) is 6.92 Å². The van der Waals surface area contributed by atoms with Crippen LogP contribution in [0.2, 0.25) is 0 Å². The summed E-state index contributed by atoms with van der Waals surface area (Å²) < 4.78 is 18.6. The second-order valence-electron chi connectivity index (χ2n) is 10.4. The van der Waals surface area contributed by atoms with Crippen molar-refractivity contribution in [1.82, 2.24) is 24.6 Å². The summed E-state index contributed by atoms with van der Waals surface area (Å²) in [6, 6.07) is 12.5. The Bertz CT molecular complexity index is 1500. The Morgan fingerprint density at radius 3 is 2.72 bits per heavy atom. The summed E-state index contributed by atoms with van der Waals surface area (Å²) in [5.74, 6) is 1.12. The van der Waals surface area contributed by atoms with Gasteiger partial charge < -0.3 is 25.3 Å². The Morgan fingerprint density at radius 1 is 1.18 bits per heavy atom. The number of fused-ring (bicyclic) bond motifs is 1. The van der Waals surface area contributed by atoms with Crippen LogP contribution in [-0.4, -0.2) is 77.1 Å². The number of hydrogen-bond donors (Lipinski definition) is 2. The topological polar surface area (TPSA) is 130 Å². The smallest absolute Gasteiger partial charge is 0.256 e. The second kappa shape index (κ2) is 10.3. The zero-order valence-corrected chi connectivity index (χ0v) is 22.0. The molecule has 0 bridgehead atoms. The molecule has 0 radical (unpaired) electrons. The molecule has 11 heteroatoms. The van der Waals surface area contributed by atoms with Crippen molar-refractivity contribution in [2.75, 3.05) is 57.6 Å². The van der Waals surface area contributed by atoms with Crippen LogP contribution < -0.4 is 15.8 Å². The fourth-order valence-electron chi connectivity index (χ4n) is 5.18. The molecule has 2 aliphatic rings. The van der Waals surface area contributed by atoms with Gasteiger partial charge in [-0.05, 0) is 36.4 Å². The van der Waals surface area contributed by atoms with Crippen LogP contribution in [0.5, 0.6) is 5.75 Å². The zero-order chi connectivity index (χ0) is 27.0. The van der Waals surface area contributed by atoms with Gasteiger partial charge >= 0.3 is 0 Å². The number of nitrogens with zero attached hydrogens (tertiary/aromatic N) is 5. The minimum Gasteiger partial charge on any atom is -0.497 e. The first-order valence-corrected chi connectivity index (χ1v) is 12.9. The largest absolute Gasteiger partial charge is 0.497 e. The van der Waals surface area contributed by atoms with E-state index in [2.05, 4.69) is 27.1 Å². The van der Waals surface area contributed by atoms with Crippen molar-refractivity contribution in [2.45, 2.75) is 13.0 Å². The zero-order valence-electron chi connectivity index (χ0n) is 22.0. The van der Waals surface area contributed by atoms with Crippen molar-refractivity contribution in [1.29, 1.82) is 0 Å². The summed E-state index contributed by atoms with van der Waals surface area (Å²) in [6.07, 6.45) is 3.07. The van der Waals surface area contributed by atoms with E-state index in [1.807, 2.05) is 18.2 Å². The first-order valence-electron chi connectivity index (χ1n) is 12.9. The van der Waals surface area contributed by atoms with E-state index in [-0.39, 0.29) is 17.4 Å². The molecule has 2 fully saturated rings. The third kappa shape index (κ3) is 5.03. The van der Waals surface area contributed by atoms with Crippen molar-refractivity contribution in [2.24, 2.45) is 5.41 Å². The third-order valence-corrected chi connectivity index (χ3v) is 7.19. The molecular formula is C28H31N7O4. The first-order chi connectivity index (χ1) is 18.9. The number of nitrogen functional groups attached to an aromatic ring is 1. The molecule has 2 aliphatic heterocycles. The molecular weight excluding hydrogens is 498 g/mol. The lowest BCUT2D eigenvalue weighted by atomic mass is 9.88. The number of aromatic nitrogens is 4. The van der Waals surface area contributed by atoms with Gasteiger partial charge in [0.25, 0.3) is 5.91 Å². The van der Waals surface area contributed by atoms with Crippen molar-refractivity contribution in [3.05, 3.63) is 66.1 Å². The average molecular weight is 530 g/mol. The highest BCUT2D eigenvalue weighted by atomic mass is 16.5. The van der Waals surface area contributed by atoms with E-state index in [1.165, 1.54) is 0 Å². The lowest BCUT2D eigenvalue weighted by Gasteiger charge is -2.43. The molecule has 1 amide bonds. The number of ether oxygens (including phenoxy) is 3. The molecule has 202 valence electrons. The molecule has 0 saturated carbocycles. The van der Waals surface area contributed by atoms with Crippen LogP contribution in [-0.2, 0) is 9.47 Å².